The first-order valence-corrected chi connectivity index (χ1v) is 10.4. The highest BCUT2D eigenvalue weighted by Gasteiger charge is 2.21. The number of hydrogen-bond acceptors (Lipinski definition) is 5. The Balaban J connectivity index is 1.69. The summed E-state index contributed by atoms with van der Waals surface area (Å²) in [6, 6.07) is 14.7. The summed E-state index contributed by atoms with van der Waals surface area (Å²) in [5.74, 6) is 0.397. The summed E-state index contributed by atoms with van der Waals surface area (Å²) in [5.41, 5.74) is 4.81. The van der Waals surface area contributed by atoms with Crippen LogP contribution in [0.4, 0.5) is 5.69 Å². The Labute approximate surface area is 185 Å². The monoisotopic (exact) mass is 435 g/mol. The molecule has 0 spiro atoms. The van der Waals surface area contributed by atoms with Gasteiger partial charge in [0.25, 0.3) is 5.91 Å². The van der Waals surface area contributed by atoms with Gasteiger partial charge < -0.3 is 10.1 Å². The molecular weight excluding hydrogens is 414 g/mol. The molecule has 0 aliphatic carbocycles. The molecule has 1 N–H and O–H groups in total. The van der Waals surface area contributed by atoms with Gasteiger partial charge in [0.1, 0.15) is 5.75 Å². The minimum absolute atomic E-state index is 0.217. The number of anilines is 1. The lowest BCUT2D eigenvalue weighted by Gasteiger charge is -2.09. The zero-order valence-corrected chi connectivity index (χ0v) is 18.3. The number of nitrogens with one attached hydrogen (secondary N) is 1. The van der Waals surface area contributed by atoms with Crippen molar-refractivity contribution in [3.8, 4) is 16.9 Å². The van der Waals surface area contributed by atoms with E-state index in [1.54, 1.807) is 28.8 Å². The lowest BCUT2D eigenvalue weighted by atomic mass is 10.0. The summed E-state index contributed by atoms with van der Waals surface area (Å²) >= 11 is 6.04. The van der Waals surface area contributed by atoms with E-state index < -0.39 is 0 Å². The van der Waals surface area contributed by atoms with E-state index in [9.17, 15) is 4.79 Å². The molecule has 7 nitrogen and oxygen atoms in total. The Bertz CT molecular complexity index is 1230. The molecule has 0 saturated carbocycles. The smallest absolute Gasteiger partial charge is 0.278 e. The molecule has 2 aromatic carbocycles. The predicted octanol–water partition coefficient (Wildman–Crippen LogP) is 4.97. The van der Waals surface area contributed by atoms with Crippen LogP contribution in [0.25, 0.3) is 16.8 Å². The largest absolute Gasteiger partial charge is 0.494 e. The molecule has 2 heterocycles. The Morgan fingerprint density at radius 2 is 1.77 bits per heavy atom. The summed E-state index contributed by atoms with van der Waals surface area (Å²) in [5, 5.41) is 16.8. The van der Waals surface area contributed by atoms with E-state index in [-0.39, 0.29) is 11.6 Å². The summed E-state index contributed by atoms with van der Waals surface area (Å²) in [7, 11) is 0. The summed E-state index contributed by atoms with van der Waals surface area (Å²) < 4.78 is 7.11. The first kappa shape index (κ1) is 20.8. The van der Waals surface area contributed by atoms with Gasteiger partial charge in [-0.25, -0.2) is 4.52 Å². The molecule has 2 aromatic heterocycles. The van der Waals surface area contributed by atoms with Crippen molar-refractivity contribution in [2.75, 3.05) is 11.9 Å². The van der Waals surface area contributed by atoms with Crippen LogP contribution < -0.4 is 10.1 Å². The zero-order valence-electron chi connectivity index (χ0n) is 17.5. The van der Waals surface area contributed by atoms with Crippen LogP contribution in [-0.2, 0) is 6.42 Å². The van der Waals surface area contributed by atoms with E-state index in [2.05, 4.69) is 15.5 Å². The molecule has 31 heavy (non-hydrogen) atoms. The van der Waals surface area contributed by atoms with Crippen molar-refractivity contribution in [1.29, 1.82) is 0 Å². The number of carbonyl (C=O) groups excluding carboxylic acids is 1. The van der Waals surface area contributed by atoms with Crippen molar-refractivity contribution in [3.05, 3.63) is 70.6 Å². The van der Waals surface area contributed by atoms with Crippen LogP contribution in [0, 0.1) is 6.92 Å². The van der Waals surface area contributed by atoms with Gasteiger partial charge in [0.15, 0.2) is 11.3 Å². The highest BCUT2D eigenvalue weighted by atomic mass is 35.5. The van der Waals surface area contributed by atoms with Gasteiger partial charge in [0, 0.05) is 10.7 Å². The maximum atomic E-state index is 12.9. The topological polar surface area (TPSA) is 81.4 Å². The van der Waals surface area contributed by atoms with Crippen LogP contribution in [0.5, 0.6) is 5.75 Å². The molecule has 158 valence electrons. The number of fused-ring (bicyclic) bond motifs is 1. The van der Waals surface area contributed by atoms with Gasteiger partial charge in [-0.05, 0) is 62.2 Å². The van der Waals surface area contributed by atoms with Gasteiger partial charge in [-0.3, -0.25) is 4.79 Å². The molecule has 0 atom stereocenters. The number of amides is 1. The van der Waals surface area contributed by atoms with E-state index in [0.717, 1.165) is 22.6 Å². The maximum Gasteiger partial charge on any atom is 0.278 e. The van der Waals surface area contributed by atoms with Crippen molar-refractivity contribution in [2.45, 2.75) is 27.2 Å². The van der Waals surface area contributed by atoms with E-state index >= 15 is 0 Å². The first-order valence-electron chi connectivity index (χ1n) is 10.1. The first-order chi connectivity index (χ1) is 15.0. The van der Waals surface area contributed by atoms with E-state index in [4.69, 9.17) is 21.4 Å². The third kappa shape index (κ3) is 4.09. The summed E-state index contributed by atoms with van der Waals surface area (Å²) in [4.78, 5) is 12.9. The van der Waals surface area contributed by atoms with Gasteiger partial charge >= 0.3 is 0 Å². The average Bonchev–Trinajstić information content (AvgIpc) is 3.16. The van der Waals surface area contributed by atoms with Crippen molar-refractivity contribution in [3.63, 3.8) is 0 Å². The minimum Gasteiger partial charge on any atom is -0.494 e. The van der Waals surface area contributed by atoms with E-state index in [1.807, 2.05) is 45.0 Å². The second kappa shape index (κ2) is 8.73. The number of benzene rings is 2. The number of nitrogens with zero attached hydrogens (tertiary/aromatic N) is 4. The lowest BCUT2D eigenvalue weighted by Crippen LogP contribution is -2.18. The molecule has 4 rings (SSSR count). The second-order valence-corrected chi connectivity index (χ2v) is 7.40. The maximum absolute atomic E-state index is 12.9. The predicted molar refractivity (Wildman–Crippen MR) is 121 cm³/mol. The molecule has 0 bridgehead atoms. The van der Waals surface area contributed by atoms with Gasteiger partial charge in [0.2, 0.25) is 0 Å². The number of aromatic nitrogens is 4. The van der Waals surface area contributed by atoms with E-state index in [1.165, 1.54) is 0 Å². The standard InChI is InChI=1S/C23H22ClN5O2/c1-4-19-20(15-6-8-16(24)9-7-15)22-27-26-21(14(3)29(22)28-19)23(30)25-17-10-12-18(13-11-17)31-5-2/h6-13H,4-5H2,1-3H3,(H,25,30). The van der Waals surface area contributed by atoms with Gasteiger partial charge in [-0.1, -0.05) is 30.7 Å². The van der Waals surface area contributed by atoms with Crippen molar-refractivity contribution in [1.82, 2.24) is 19.8 Å². The fourth-order valence-electron chi connectivity index (χ4n) is 3.41. The number of ether oxygens (including phenoxy) is 1. The van der Waals surface area contributed by atoms with Gasteiger partial charge in [-0.15, -0.1) is 10.2 Å². The normalized spacial score (nSPS) is 11.0. The molecule has 0 fully saturated rings. The lowest BCUT2D eigenvalue weighted by molar-refractivity contribution is 0.102. The number of hydrogen-bond donors (Lipinski definition) is 1. The Morgan fingerprint density at radius 1 is 1.06 bits per heavy atom. The molecule has 0 radical (unpaired) electrons. The number of aryl methyl sites for hydroxylation is 2. The van der Waals surface area contributed by atoms with Crippen molar-refractivity contribution < 1.29 is 9.53 Å². The summed E-state index contributed by atoms with van der Waals surface area (Å²) in [6.07, 6.45) is 0.717. The number of rotatable bonds is 6. The zero-order chi connectivity index (χ0) is 22.0. The minimum atomic E-state index is -0.349. The number of carbonyl (C=O) groups is 1. The van der Waals surface area contributed by atoms with Crippen LogP contribution >= 0.6 is 11.6 Å². The van der Waals surface area contributed by atoms with Crippen LogP contribution in [0.1, 0.15) is 35.7 Å². The van der Waals surface area contributed by atoms with Gasteiger partial charge in [-0.2, -0.15) is 5.10 Å². The molecular formula is C23H22ClN5O2. The van der Waals surface area contributed by atoms with Crippen LogP contribution in [-0.4, -0.2) is 32.3 Å². The molecule has 0 aliphatic heterocycles. The molecule has 0 aliphatic rings. The quantitative estimate of drug-likeness (QED) is 0.462. The summed E-state index contributed by atoms with van der Waals surface area (Å²) in [6.45, 7) is 6.35. The highest BCUT2D eigenvalue weighted by Crippen LogP contribution is 2.29. The Morgan fingerprint density at radius 3 is 2.42 bits per heavy atom. The number of halogens is 1. The Hall–Kier alpha value is -3.45. The van der Waals surface area contributed by atoms with Gasteiger partial charge in [0.05, 0.1) is 23.6 Å². The van der Waals surface area contributed by atoms with Crippen molar-refractivity contribution >= 4 is 28.8 Å². The van der Waals surface area contributed by atoms with Crippen molar-refractivity contribution in [2.24, 2.45) is 0 Å². The fraction of sp³-hybridized carbons (Fsp3) is 0.217. The Kier molecular flexibility index (Phi) is 5.86. The third-order valence-electron chi connectivity index (χ3n) is 4.94. The molecule has 0 unspecified atom stereocenters. The third-order valence-corrected chi connectivity index (χ3v) is 5.20. The molecule has 8 heteroatoms. The average molecular weight is 436 g/mol. The fourth-order valence-corrected chi connectivity index (χ4v) is 3.54. The van der Waals surface area contributed by atoms with Crippen LogP contribution in [0.3, 0.4) is 0 Å². The molecule has 4 aromatic rings. The molecule has 0 saturated heterocycles. The molecule has 1 amide bonds. The highest BCUT2D eigenvalue weighted by molar-refractivity contribution is 6.30. The SMILES string of the molecule is CCOc1ccc(NC(=O)c2nnc3c(-c4ccc(Cl)cc4)c(CC)nn3c2C)cc1. The second-order valence-electron chi connectivity index (χ2n) is 6.96. The van der Waals surface area contributed by atoms with Crippen LogP contribution in [0.15, 0.2) is 48.5 Å². The van der Waals surface area contributed by atoms with Crippen LogP contribution in [0.2, 0.25) is 5.02 Å². The van der Waals surface area contributed by atoms with E-state index in [0.29, 0.717) is 35.1 Å².